The van der Waals surface area contributed by atoms with Crippen LogP contribution in [0.15, 0.2) is 48.5 Å². The molecule has 0 unspecified atom stereocenters. The summed E-state index contributed by atoms with van der Waals surface area (Å²) in [6, 6.07) is 15.5. The van der Waals surface area contributed by atoms with Crippen LogP contribution in [0.25, 0.3) is 0 Å². The second-order valence-corrected chi connectivity index (χ2v) is 5.85. The molecule has 0 aliphatic carbocycles. The van der Waals surface area contributed by atoms with Gasteiger partial charge in [-0.25, -0.2) is 4.98 Å². The third-order valence-electron chi connectivity index (χ3n) is 3.92. The van der Waals surface area contributed by atoms with E-state index in [9.17, 15) is 0 Å². The van der Waals surface area contributed by atoms with E-state index in [-0.39, 0.29) is 0 Å². The number of aryl methyl sites for hydroxylation is 2. The molecule has 0 atom stereocenters. The predicted octanol–water partition coefficient (Wildman–Crippen LogP) is 4.60. The van der Waals surface area contributed by atoms with Crippen LogP contribution in [0.1, 0.15) is 11.3 Å². The van der Waals surface area contributed by atoms with Crippen LogP contribution < -0.4 is 20.1 Å². The van der Waals surface area contributed by atoms with Gasteiger partial charge in [0, 0.05) is 23.5 Å². The molecule has 3 aromatic rings. The summed E-state index contributed by atoms with van der Waals surface area (Å²) < 4.78 is 10.7. The molecule has 0 fully saturated rings. The second-order valence-electron chi connectivity index (χ2n) is 5.85. The second kappa shape index (κ2) is 7.74. The summed E-state index contributed by atoms with van der Waals surface area (Å²) in [6.45, 7) is 3.98. The lowest BCUT2D eigenvalue weighted by Crippen LogP contribution is -2.04. The van der Waals surface area contributed by atoms with Gasteiger partial charge in [-0.15, -0.1) is 0 Å². The van der Waals surface area contributed by atoms with Crippen molar-refractivity contribution in [2.75, 3.05) is 24.9 Å². The number of methoxy groups -OCH3 is 2. The summed E-state index contributed by atoms with van der Waals surface area (Å²) >= 11 is 0. The zero-order valence-corrected chi connectivity index (χ0v) is 15.3. The van der Waals surface area contributed by atoms with E-state index in [0.717, 1.165) is 34.2 Å². The van der Waals surface area contributed by atoms with Crippen LogP contribution in [0.3, 0.4) is 0 Å². The number of nitrogens with zero attached hydrogens (tertiary/aromatic N) is 2. The molecular formula is C20H22N4O2. The molecule has 0 aliphatic rings. The molecule has 0 radical (unpaired) electrons. The number of anilines is 4. The first-order valence-corrected chi connectivity index (χ1v) is 8.26. The minimum atomic E-state index is 0.479. The van der Waals surface area contributed by atoms with Gasteiger partial charge in [0.25, 0.3) is 0 Å². The first-order chi connectivity index (χ1) is 12.6. The highest BCUT2D eigenvalue weighted by Crippen LogP contribution is 2.31. The van der Waals surface area contributed by atoms with Crippen LogP contribution >= 0.6 is 0 Å². The van der Waals surface area contributed by atoms with Gasteiger partial charge in [-0.2, -0.15) is 4.98 Å². The Kier molecular flexibility index (Phi) is 5.22. The van der Waals surface area contributed by atoms with Gasteiger partial charge in [-0.3, -0.25) is 0 Å². The highest BCUT2D eigenvalue weighted by atomic mass is 16.5. The Morgan fingerprint density at radius 2 is 1.62 bits per heavy atom. The number of hydrogen-bond donors (Lipinski definition) is 2. The van der Waals surface area contributed by atoms with E-state index in [0.29, 0.717) is 11.7 Å². The molecule has 0 bridgehead atoms. The normalized spacial score (nSPS) is 10.3. The van der Waals surface area contributed by atoms with Crippen molar-refractivity contribution in [3.05, 3.63) is 59.8 Å². The van der Waals surface area contributed by atoms with Crippen molar-refractivity contribution in [3.63, 3.8) is 0 Å². The monoisotopic (exact) mass is 350 g/mol. The van der Waals surface area contributed by atoms with E-state index < -0.39 is 0 Å². The summed E-state index contributed by atoms with van der Waals surface area (Å²) in [5.74, 6) is 2.60. The first-order valence-electron chi connectivity index (χ1n) is 8.26. The molecule has 3 rings (SSSR count). The zero-order valence-electron chi connectivity index (χ0n) is 15.3. The van der Waals surface area contributed by atoms with E-state index >= 15 is 0 Å². The maximum absolute atomic E-state index is 5.40. The molecule has 1 heterocycles. The van der Waals surface area contributed by atoms with Gasteiger partial charge in [-0.05, 0) is 37.6 Å². The van der Waals surface area contributed by atoms with E-state index in [2.05, 4.69) is 33.6 Å². The molecule has 0 amide bonds. The molecular weight excluding hydrogens is 328 g/mol. The maximum Gasteiger partial charge on any atom is 0.229 e. The van der Waals surface area contributed by atoms with Crippen molar-refractivity contribution in [1.29, 1.82) is 0 Å². The maximum atomic E-state index is 5.40. The van der Waals surface area contributed by atoms with Crippen molar-refractivity contribution in [1.82, 2.24) is 9.97 Å². The molecule has 6 nitrogen and oxygen atoms in total. The molecule has 0 saturated heterocycles. The number of ether oxygens (including phenoxy) is 2. The molecule has 0 aliphatic heterocycles. The number of hydrogen-bond acceptors (Lipinski definition) is 6. The Bertz CT molecular complexity index is 912. The SMILES string of the molecule is COc1ccc(OC)c(Nc2nc(C)cc(Nc3ccccc3C)n2)c1. The number of aromatic nitrogens is 2. The largest absolute Gasteiger partial charge is 0.497 e. The molecule has 1 aromatic heterocycles. The van der Waals surface area contributed by atoms with E-state index in [1.54, 1.807) is 14.2 Å². The Hall–Kier alpha value is -3.28. The average Bonchev–Trinajstić information content (AvgIpc) is 2.63. The van der Waals surface area contributed by atoms with Crippen molar-refractivity contribution >= 4 is 23.1 Å². The van der Waals surface area contributed by atoms with Crippen molar-refractivity contribution in [3.8, 4) is 11.5 Å². The lowest BCUT2D eigenvalue weighted by molar-refractivity contribution is 0.405. The third-order valence-corrected chi connectivity index (χ3v) is 3.92. The molecule has 26 heavy (non-hydrogen) atoms. The van der Waals surface area contributed by atoms with Crippen LogP contribution in [0.5, 0.6) is 11.5 Å². The van der Waals surface area contributed by atoms with Gasteiger partial charge < -0.3 is 20.1 Å². The van der Waals surface area contributed by atoms with Crippen LogP contribution in [0.2, 0.25) is 0 Å². The Labute approximate surface area is 153 Å². The van der Waals surface area contributed by atoms with Crippen molar-refractivity contribution in [2.24, 2.45) is 0 Å². The topological polar surface area (TPSA) is 68.3 Å². The van der Waals surface area contributed by atoms with E-state index in [1.807, 2.05) is 49.4 Å². The van der Waals surface area contributed by atoms with E-state index in [1.165, 1.54) is 0 Å². The van der Waals surface area contributed by atoms with E-state index in [4.69, 9.17) is 9.47 Å². The van der Waals surface area contributed by atoms with Gasteiger partial charge in [0.15, 0.2) is 0 Å². The van der Waals surface area contributed by atoms with Crippen molar-refractivity contribution < 1.29 is 9.47 Å². The molecule has 134 valence electrons. The quantitative estimate of drug-likeness (QED) is 0.677. The Morgan fingerprint density at radius 1 is 0.808 bits per heavy atom. The first kappa shape index (κ1) is 17.5. The molecule has 0 spiro atoms. The Balaban J connectivity index is 1.90. The Morgan fingerprint density at radius 3 is 2.35 bits per heavy atom. The van der Waals surface area contributed by atoms with Gasteiger partial charge in [-0.1, -0.05) is 18.2 Å². The van der Waals surface area contributed by atoms with Crippen LogP contribution in [-0.4, -0.2) is 24.2 Å². The fraction of sp³-hybridized carbons (Fsp3) is 0.200. The molecule has 2 N–H and O–H groups in total. The number of nitrogens with one attached hydrogen (secondary N) is 2. The number of rotatable bonds is 6. The summed E-state index contributed by atoms with van der Waals surface area (Å²) in [6.07, 6.45) is 0. The number of benzene rings is 2. The highest BCUT2D eigenvalue weighted by Gasteiger charge is 2.09. The zero-order chi connectivity index (χ0) is 18.5. The minimum Gasteiger partial charge on any atom is -0.497 e. The predicted molar refractivity (Wildman–Crippen MR) is 104 cm³/mol. The standard InChI is InChI=1S/C20H22N4O2/c1-13-7-5-6-8-16(13)22-19-11-14(2)21-20(24-19)23-17-12-15(25-3)9-10-18(17)26-4/h5-12H,1-4H3,(H2,21,22,23,24). The highest BCUT2D eigenvalue weighted by molar-refractivity contribution is 5.67. The van der Waals surface area contributed by atoms with Gasteiger partial charge in [0.2, 0.25) is 5.95 Å². The van der Waals surface area contributed by atoms with Gasteiger partial charge in [0.05, 0.1) is 19.9 Å². The van der Waals surface area contributed by atoms with Crippen molar-refractivity contribution in [2.45, 2.75) is 13.8 Å². The smallest absolute Gasteiger partial charge is 0.229 e. The summed E-state index contributed by atoms with van der Waals surface area (Å²) in [5, 5.41) is 6.56. The lowest BCUT2D eigenvalue weighted by Gasteiger charge is -2.14. The fourth-order valence-electron chi connectivity index (χ4n) is 2.57. The lowest BCUT2D eigenvalue weighted by atomic mass is 10.2. The van der Waals surface area contributed by atoms with Gasteiger partial charge >= 0.3 is 0 Å². The summed E-state index contributed by atoms with van der Waals surface area (Å²) in [5.41, 5.74) is 3.74. The van der Waals surface area contributed by atoms with Crippen LogP contribution in [0.4, 0.5) is 23.1 Å². The van der Waals surface area contributed by atoms with Crippen LogP contribution in [-0.2, 0) is 0 Å². The fourth-order valence-corrected chi connectivity index (χ4v) is 2.57. The summed E-state index contributed by atoms with van der Waals surface area (Å²) in [7, 11) is 3.24. The third kappa shape index (κ3) is 4.03. The molecule has 0 saturated carbocycles. The summed E-state index contributed by atoms with van der Waals surface area (Å²) in [4.78, 5) is 9.03. The van der Waals surface area contributed by atoms with Crippen LogP contribution in [0, 0.1) is 13.8 Å². The molecule has 2 aromatic carbocycles. The molecule has 6 heteroatoms. The average molecular weight is 350 g/mol. The minimum absolute atomic E-state index is 0.479. The number of para-hydroxylation sites is 1. The van der Waals surface area contributed by atoms with Gasteiger partial charge in [0.1, 0.15) is 17.3 Å².